The first-order chi connectivity index (χ1) is 12.7. The number of H-pyrrole nitrogens is 1. The van der Waals surface area contributed by atoms with E-state index in [0.29, 0.717) is 21.8 Å². The number of ketones is 1. The molecule has 0 unspecified atom stereocenters. The molecule has 0 saturated heterocycles. The number of nitrogens with one attached hydrogen (secondary N) is 1. The van der Waals surface area contributed by atoms with Crippen LogP contribution in [0.2, 0.25) is 5.02 Å². The fourth-order valence-corrected chi connectivity index (χ4v) is 3.18. The normalized spacial score (nSPS) is 11.6. The maximum Gasteiger partial charge on any atom is 0.310 e. The number of carbonyl (C=O) groups is 2. The molecular formula is C22H22ClNO3. The molecule has 27 heavy (non-hydrogen) atoms. The van der Waals surface area contributed by atoms with Crippen molar-refractivity contribution < 1.29 is 14.3 Å². The van der Waals surface area contributed by atoms with Gasteiger partial charge < -0.3 is 9.72 Å². The summed E-state index contributed by atoms with van der Waals surface area (Å²) in [7, 11) is 1.35. The number of rotatable bonds is 4. The van der Waals surface area contributed by atoms with E-state index in [1.165, 1.54) is 7.11 Å². The Kier molecular flexibility index (Phi) is 5.11. The summed E-state index contributed by atoms with van der Waals surface area (Å²) in [6.45, 7) is 6.38. The minimum absolute atomic E-state index is 0.0265. The highest BCUT2D eigenvalue weighted by Crippen LogP contribution is 2.31. The molecule has 1 aromatic heterocycles. The van der Waals surface area contributed by atoms with Crippen LogP contribution in [0.4, 0.5) is 0 Å². The number of halogens is 1. The average Bonchev–Trinajstić information content (AvgIpc) is 2.98. The number of fused-ring (bicyclic) bond motifs is 1. The van der Waals surface area contributed by atoms with Crippen LogP contribution in [0.3, 0.4) is 0 Å². The molecule has 0 aliphatic heterocycles. The van der Waals surface area contributed by atoms with Crippen molar-refractivity contribution in [1.29, 1.82) is 0 Å². The summed E-state index contributed by atoms with van der Waals surface area (Å²) in [5.41, 5.74) is 3.47. The van der Waals surface area contributed by atoms with Gasteiger partial charge in [0, 0.05) is 27.1 Å². The van der Waals surface area contributed by atoms with Gasteiger partial charge in [0.1, 0.15) is 0 Å². The SMILES string of the molecule is COC(=O)Cc1c(C(=O)c2ccc(Cl)cc2)[nH]c2ccc(C(C)(C)C)cc12. The van der Waals surface area contributed by atoms with Crippen LogP contribution in [-0.4, -0.2) is 23.8 Å². The van der Waals surface area contributed by atoms with Crippen molar-refractivity contribution in [2.45, 2.75) is 32.6 Å². The van der Waals surface area contributed by atoms with Crippen molar-refractivity contribution in [1.82, 2.24) is 4.98 Å². The molecule has 0 spiro atoms. The Balaban J connectivity index is 2.18. The number of hydrogen-bond acceptors (Lipinski definition) is 3. The van der Waals surface area contributed by atoms with Crippen molar-refractivity contribution >= 4 is 34.3 Å². The van der Waals surface area contributed by atoms with Crippen molar-refractivity contribution in [3.8, 4) is 0 Å². The van der Waals surface area contributed by atoms with E-state index in [9.17, 15) is 9.59 Å². The van der Waals surface area contributed by atoms with Gasteiger partial charge in [-0.2, -0.15) is 0 Å². The first kappa shape index (κ1) is 19.2. The summed E-state index contributed by atoms with van der Waals surface area (Å²) in [5, 5.41) is 1.43. The minimum atomic E-state index is -0.387. The van der Waals surface area contributed by atoms with Crippen LogP contribution in [0.25, 0.3) is 10.9 Å². The number of carbonyl (C=O) groups excluding carboxylic acids is 2. The molecule has 0 bridgehead atoms. The zero-order valence-electron chi connectivity index (χ0n) is 15.9. The second kappa shape index (κ2) is 7.20. The predicted molar refractivity (Wildman–Crippen MR) is 108 cm³/mol. The van der Waals surface area contributed by atoms with Crippen LogP contribution < -0.4 is 0 Å². The number of aromatic amines is 1. The van der Waals surface area contributed by atoms with Gasteiger partial charge in [-0.25, -0.2) is 0 Å². The third kappa shape index (κ3) is 3.91. The number of ether oxygens (including phenoxy) is 1. The first-order valence-electron chi connectivity index (χ1n) is 8.73. The Hall–Kier alpha value is -2.59. The lowest BCUT2D eigenvalue weighted by atomic mass is 9.86. The van der Waals surface area contributed by atoms with Crippen molar-refractivity contribution in [2.24, 2.45) is 0 Å². The molecular weight excluding hydrogens is 362 g/mol. The van der Waals surface area contributed by atoms with Gasteiger partial charge in [0.2, 0.25) is 5.78 Å². The summed E-state index contributed by atoms with van der Waals surface area (Å²) in [6.07, 6.45) is 0.0265. The standard InChI is InChI=1S/C22H22ClNO3/c1-22(2,3)14-7-10-18-16(11-14)17(12-19(25)27-4)20(24-18)21(26)13-5-8-15(23)9-6-13/h5-11,24H,12H2,1-4H3. The molecule has 0 radical (unpaired) electrons. The van der Waals surface area contributed by atoms with E-state index in [4.69, 9.17) is 16.3 Å². The van der Waals surface area contributed by atoms with Gasteiger partial charge in [-0.3, -0.25) is 9.59 Å². The fraction of sp³-hybridized carbons (Fsp3) is 0.273. The predicted octanol–water partition coefficient (Wildman–Crippen LogP) is 5.07. The molecule has 4 nitrogen and oxygen atoms in total. The second-order valence-electron chi connectivity index (χ2n) is 7.58. The third-order valence-corrected chi connectivity index (χ3v) is 4.91. The fourth-order valence-electron chi connectivity index (χ4n) is 3.05. The van der Waals surface area contributed by atoms with Crippen molar-refractivity contribution in [3.05, 3.63) is 69.9 Å². The molecule has 2 aromatic carbocycles. The van der Waals surface area contributed by atoms with Gasteiger partial charge in [0.15, 0.2) is 0 Å². The lowest BCUT2D eigenvalue weighted by Gasteiger charge is -2.19. The van der Waals surface area contributed by atoms with Crippen LogP contribution in [0.5, 0.6) is 0 Å². The van der Waals surface area contributed by atoms with E-state index in [1.807, 2.05) is 18.2 Å². The lowest BCUT2D eigenvalue weighted by molar-refractivity contribution is -0.139. The highest BCUT2D eigenvalue weighted by atomic mass is 35.5. The minimum Gasteiger partial charge on any atom is -0.469 e. The van der Waals surface area contributed by atoms with E-state index in [2.05, 4.69) is 25.8 Å². The van der Waals surface area contributed by atoms with E-state index in [1.54, 1.807) is 24.3 Å². The maximum atomic E-state index is 13.1. The average molecular weight is 384 g/mol. The molecule has 0 aliphatic carbocycles. The summed E-state index contributed by atoms with van der Waals surface area (Å²) < 4.78 is 4.84. The number of benzene rings is 2. The highest BCUT2D eigenvalue weighted by Gasteiger charge is 2.23. The number of esters is 1. The van der Waals surface area contributed by atoms with Gasteiger partial charge in [0.25, 0.3) is 0 Å². The summed E-state index contributed by atoms with van der Waals surface area (Å²) in [6, 6.07) is 12.7. The van der Waals surface area contributed by atoms with Gasteiger partial charge in [-0.15, -0.1) is 0 Å². The molecule has 0 fully saturated rings. The van der Waals surface area contributed by atoms with Crippen LogP contribution in [0.15, 0.2) is 42.5 Å². The Bertz CT molecular complexity index is 1010. The van der Waals surface area contributed by atoms with Crippen LogP contribution >= 0.6 is 11.6 Å². The Morgan fingerprint density at radius 2 is 1.74 bits per heavy atom. The maximum absolute atomic E-state index is 13.1. The van der Waals surface area contributed by atoms with E-state index in [0.717, 1.165) is 16.5 Å². The molecule has 1 heterocycles. The topological polar surface area (TPSA) is 59.2 Å². The second-order valence-corrected chi connectivity index (χ2v) is 8.01. The van der Waals surface area contributed by atoms with Gasteiger partial charge >= 0.3 is 5.97 Å². The largest absolute Gasteiger partial charge is 0.469 e. The summed E-state index contributed by atoms with van der Waals surface area (Å²) in [4.78, 5) is 28.3. The van der Waals surface area contributed by atoms with Crippen LogP contribution in [-0.2, 0) is 21.4 Å². The van der Waals surface area contributed by atoms with Crippen molar-refractivity contribution in [3.63, 3.8) is 0 Å². The number of aromatic nitrogens is 1. The summed E-state index contributed by atoms with van der Waals surface area (Å²) in [5.74, 6) is -0.568. The molecule has 0 atom stereocenters. The molecule has 0 amide bonds. The van der Waals surface area contributed by atoms with Gasteiger partial charge in [-0.1, -0.05) is 38.4 Å². The molecule has 5 heteroatoms. The quantitative estimate of drug-likeness (QED) is 0.505. The third-order valence-electron chi connectivity index (χ3n) is 4.65. The number of hydrogen-bond donors (Lipinski definition) is 1. The van der Waals surface area contributed by atoms with Crippen LogP contribution in [0.1, 0.15) is 48.0 Å². The van der Waals surface area contributed by atoms with E-state index >= 15 is 0 Å². The van der Waals surface area contributed by atoms with Gasteiger partial charge in [0.05, 0.1) is 19.2 Å². The van der Waals surface area contributed by atoms with Gasteiger partial charge in [-0.05, 0) is 47.4 Å². The van der Waals surface area contributed by atoms with E-state index in [-0.39, 0.29) is 23.6 Å². The Morgan fingerprint density at radius 1 is 1.07 bits per heavy atom. The lowest BCUT2D eigenvalue weighted by Crippen LogP contribution is -2.11. The zero-order valence-corrected chi connectivity index (χ0v) is 16.6. The molecule has 1 N–H and O–H groups in total. The summed E-state index contributed by atoms with van der Waals surface area (Å²) >= 11 is 5.93. The molecule has 140 valence electrons. The molecule has 3 aromatic rings. The monoisotopic (exact) mass is 383 g/mol. The van der Waals surface area contributed by atoms with E-state index < -0.39 is 0 Å². The Labute approximate surface area is 163 Å². The Morgan fingerprint density at radius 3 is 2.33 bits per heavy atom. The smallest absolute Gasteiger partial charge is 0.310 e. The van der Waals surface area contributed by atoms with Crippen LogP contribution in [0, 0.1) is 0 Å². The molecule has 0 aliphatic rings. The first-order valence-corrected chi connectivity index (χ1v) is 9.10. The number of methoxy groups -OCH3 is 1. The highest BCUT2D eigenvalue weighted by molar-refractivity contribution is 6.30. The molecule has 3 rings (SSSR count). The van der Waals surface area contributed by atoms with Crippen molar-refractivity contribution in [2.75, 3.05) is 7.11 Å². The molecule has 0 saturated carbocycles. The zero-order chi connectivity index (χ0) is 19.8.